The third kappa shape index (κ3) is 3.08. The minimum atomic E-state index is -0.117. The van der Waals surface area contributed by atoms with E-state index in [1.165, 1.54) is 6.42 Å². The third-order valence-electron chi connectivity index (χ3n) is 4.18. The summed E-state index contributed by atoms with van der Waals surface area (Å²) in [5.41, 5.74) is 7.85. The van der Waals surface area contributed by atoms with E-state index in [0.717, 1.165) is 24.2 Å². The van der Waals surface area contributed by atoms with Crippen LogP contribution in [0.15, 0.2) is 18.2 Å². The normalized spacial score (nSPS) is 24.8. The van der Waals surface area contributed by atoms with Gasteiger partial charge in [-0.3, -0.25) is 0 Å². The standard InChI is InChI=1S/C16H25FN2/c1-4-13(18)9-14-15(17)6-5-7-16(14)19-10-11(2)8-12(19)3/h5-7,11-13H,4,8-10,18H2,1-3H3. The maximum Gasteiger partial charge on any atom is 0.128 e. The molecule has 2 N–H and O–H groups in total. The number of nitrogens with zero attached hydrogens (tertiary/aromatic N) is 1. The Morgan fingerprint density at radius 2 is 2.16 bits per heavy atom. The van der Waals surface area contributed by atoms with Crippen molar-refractivity contribution in [3.8, 4) is 0 Å². The molecule has 0 aliphatic carbocycles. The molecule has 1 fully saturated rings. The zero-order chi connectivity index (χ0) is 14.0. The Kier molecular flexibility index (Phi) is 4.46. The van der Waals surface area contributed by atoms with E-state index in [2.05, 4.69) is 18.7 Å². The molecule has 1 aliphatic rings. The topological polar surface area (TPSA) is 29.3 Å². The number of hydrogen-bond acceptors (Lipinski definition) is 2. The van der Waals surface area contributed by atoms with Gasteiger partial charge in [-0.05, 0) is 44.2 Å². The molecule has 106 valence electrons. The molecule has 1 aliphatic heterocycles. The van der Waals surface area contributed by atoms with E-state index in [4.69, 9.17) is 5.73 Å². The van der Waals surface area contributed by atoms with Crippen molar-refractivity contribution < 1.29 is 4.39 Å². The Labute approximate surface area is 115 Å². The number of anilines is 1. The highest BCUT2D eigenvalue weighted by atomic mass is 19.1. The van der Waals surface area contributed by atoms with E-state index in [1.54, 1.807) is 12.1 Å². The molecular formula is C16H25FN2. The second-order valence-electron chi connectivity index (χ2n) is 5.95. The lowest BCUT2D eigenvalue weighted by molar-refractivity contribution is 0.576. The van der Waals surface area contributed by atoms with E-state index in [9.17, 15) is 4.39 Å². The predicted molar refractivity (Wildman–Crippen MR) is 79.0 cm³/mol. The van der Waals surface area contributed by atoms with E-state index < -0.39 is 0 Å². The zero-order valence-corrected chi connectivity index (χ0v) is 12.2. The fourth-order valence-electron chi connectivity index (χ4n) is 3.06. The van der Waals surface area contributed by atoms with Crippen LogP contribution in [-0.4, -0.2) is 18.6 Å². The fourth-order valence-corrected chi connectivity index (χ4v) is 3.06. The molecular weight excluding hydrogens is 239 g/mol. The lowest BCUT2D eigenvalue weighted by Crippen LogP contribution is -2.30. The molecule has 1 aromatic rings. The van der Waals surface area contributed by atoms with Crippen molar-refractivity contribution in [2.24, 2.45) is 11.7 Å². The summed E-state index contributed by atoms with van der Waals surface area (Å²) >= 11 is 0. The van der Waals surface area contributed by atoms with Gasteiger partial charge in [0, 0.05) is 29.9 Å². The Morgan fingerprint density at radius 1 is 1.42 bits per heavy atom. The molecule has 0 saturated carbocycles. The van der Waals surface area contributed by atoms with Gasteiger partial charge in [-0.15, -0.1) is 0 Å². The lowest BCUT2D eigenvalue weighted by Gasteiger charge is -2.27. The summed E-state index contributed by atoms with van der Waals surface area (Å²) in [6.45, 7) is 7.54. The number of halogens is 1. The summed E-state index contributed by atoms with van der Waals surface area (Å²) in [5.74, 6) is 0.555. The predicted octanol–water partition coefficient (Wildman–Crippen LogP) is 3.34. The van der Waals surface area contributed by atoms with Gasteiger partial charge in [0.05, 0.1) is 0 Å². The van der Waals surface area contributed by atoms with Gasteiger partial charge in [0.15, 0.2) is 0 Å². The maximum absolute atomic E-state index is 14.1. The van der Waals surface area contributed by atoms with Crippen LogP contribution in [0.25, 0.3) is 0 Å². The van der Waals surface area contributed by atoms with Gasteiger partial charge >= 0.3 is 0 Å². The van der Waals surface area contributed by atoms with Crippen LogP contribution in [0.5, 0.6) is 0 Å². The van der Waals surface area contributed by atoms with Crippen LogP contribution in [0.4, 0.5) is 10.1 Å². The summed E-state index contributed by atoms with van der Waals surface area (Å²) in [4.78, 5) is 2.34. The Bertz CT molecular complexity index is 433. The first-order valence-electron chi connectivity index (χ1n) is 7.32. The second kappa shape index (κ2) is 5.91. The van der Waals surface area contributed by atoms with Crippen LogP contribution < -0.4 is 10.6 Å². The van der Waals surface area contributed by atoms with Crippen molar-refractivity contribution in [1.82, 2.24) is 0 Å². The van der Waals surface area contributed by atoms with E-state index >= 15 is 0 Å². The Balaban J connectivity index is 2.31. The molecule has 3 atom stereocenters. The number of nitrogens with two attached hydrogens (primary N) is 1. The van der Waals surface area contributed by atoms with Crippen LogP contribution in [-0.2, 0) is 6.42 Å². The molecule has 0 bridgehead atoms. The van der Waals surface area contributed by atoms with Crippen molar-refractivity contribution in [2.45, 2.75) is 52.1 Å². The molecule has 0 radical (unpaired) electrons. The van der Waals surface area contributed by atoms with Gasteiger partial charge < -0.3 is 10.6 Å². The first kappa shape index (κ1) is 14.3. The fraction of sp³-hybridized carbons (Fsp3) is 0.625. The van der Waals surface area contributed by atoms with Crippen LogP contribution in [0, 0.1) is 11.7 Å². The number of rotatable bonds is 4. The molecule has 19 heavy (non-hydrogen) atoms. The Morgan fingerprint density at radius 3 is 2.74 bits per heavy atom. The van der Waals surface area contributed by atoms with E-state index in [-0.39, 0.29) is 11.9 Å². The van der Waals surface area contributed by atoms with Gasteiger partial charge in [-0.1, -0.05) is 19.9 Å². The minimum absolute atomic E-state index is 0.0333. The van der Waals surface area contributed by atoms with Crippen molar-refractivity contribution in [2.75, 3.05) is 11.4 Å². The van der Waals surface area contributed by atoms with Gasteiger partial charge in [-0.2, -0.15) is 0 Å². The van der Waals surface area contributed by atoms with Crippen molar-refractivity contribution in [3.05, 3.63) is 29.6 Å². The molecule has 0 aromatic heterocycles. The average molecular weight is 264 g/mol. The van der Waals surface area contributed by atoms with E-state index in [0.29, 0.717) is 18.4 Å². The second-order valence-corrected chi connectivity index (χ2v) is 5.95. The summed E-state index contributed by atoms with van der Waals surface area (Å²) in [6, 6.07) is 5.90. The quantitative estimate of drug-likeness (QED) is 0.903. The molecule has 1 heterocycles. The lowest BCUT2D eigenvalue weighted by atomic mass is 10.0. The average Bonchev–Trinajstić information content (AvgIpc) is 2.70. The number of hydrogen-bond donors (Lipinski definition) is 1. The van der Waals surface area contributed by atoms with Crippen LogP contribution >= 0.6 is 0 Å². The van der Waals surface area contributed by atoms with Gasteiger partial charge in [-0.25, -0.2) is 4.39 Å². The summed E-state index contributed by atoms with van der Waals surface area (Å²) < 4.78 is 14.1. The van der Waals surface area contributed by atoms with Crippen LogP contribution in [0.2, 0.25) is 0 Å². The highest BCUT2D eigenvalue weighted by Crippen LogP contribution is 2.33. The summed E-state index contributed by atoms with van der Waals surface area (Å²) in [6.07, 6.45) is 2.67. The van der Waals surface area contributed by atoms with Gasteiger partial charge in [0.2, 0.25) is 0 Å². The monoisotopic (exact) mass is 264 g/mol. The van der Waals surface area contributed by atoms with Crippen LogP contribution in [0.3, 0.4) is 0 Å². The Hall–Kier alpha value is -1.09. The summed E-state index contributed by atoms with van der Waals surface area (Å²) in [5, 5.41) is 0. The molecule has 2 rings (SSSR count). The zero-order valence-electron chi connectivity index (χ0n) is 12.2. The largest absolute Gasteiger partial charge is 0.368 e. The molecule has 2 nitrogen and oxygen atoms in total. The SMILES string of the molecule is CCC(N)Cc1c(F)cccc1N1CC(C)CC1C. The molecule has 1 saturated heterocycles. The minimum Gasteiger partial charge on any atom is -0.368 e. The molecule has 0 spiro atoms. The first-order chi connectivity index (χ1) is 9.02. The third-order valence-corrected chi connectivity index (χ3v) is 4.18. The highest BCUT2D eigenvalue weighted by Gasteiger charge is 2.28. The smallest absolute Gasteiger partial charge is 0.128 e. The first-order valence-corrected chi connectivity index (χ1v) is 7.32. The van der Waals surface area contributed by atoms with Crippen LogP contribution in [0.1, 0.15) is 39.2 Å². The molecule has 1 aromatic carbocycles. The van der Waals surface area contributed by atoms with Gasteiger partial charge in [0.25, 0.3) is 0 Å². The molecule has 3 heteroatoms. The highest BCUT2D eigenvalue weighted by molar-refractivity contribution is 5.56. The van der Waals surface area contributed by atoms with Crippen molar-refractivity contribution >= 4 is 5.69 Å². The number of benzene rings is 1. The molecule has 0 amide bonds. The maximum atomic E-state index is 14.1. The van der Waals surface area contributed by atoms with Crippen molar-refractivity contribution in [3.63, 3.8) is 0 Å². The van der Waals surface area contributed by atoms with Gasteiger partial charge in [0.1, 0.15) is 5.82 Å². The van der Waals surface area contributed by atoms with Crippen molar-refractivity contribution in [1.29, 1.82) is 0 Å². The molecule has 3 unspecified atom stereocenters. The summed E-state index contributed by atoms with van der Waals surface area (Å²) in [7, 11) is 0. The van der Waals surface area contributed by atoms with E-state index in [1.807, 2.05) is 13.0 Å².